The van der Waals surface area contributed by atoms with E-state index in [0.29, 0.717) is 11.6 Å². The number of hydrogen-bond donors (Lipinski definition) is 3. The van der Waals surface area contributed by atoms with E-state index in [4.69, 9.17) is 0 Å². The first kappa shape index (κ1) is 16.2. The summed E-state index contributed by atoms with van der Waals surface area (Å²) in [7, 11) is 0. The van der Waals surface area contributed by atoms with Crippen LogP contribution < -0.4 is 5.32 Å². The van der Waals surface area contributed by atoms with Crippen molar-refractivity contribution in [2.75, 3.05) is 5.32 Å². The lowest BCUT2D eigenvalue weighted by Gasteiger charge is -2.08. The highest BCUT2D eigenvalue weighted by molar-refractivity contribution is 5.82. The highest BCUT2D eigenvalue weighted by atomic mass is 15.2. The smallest absolute Gasteiger partial charge is 0.161 e. The van der Waals surface area contributed by atoms with Crippen LogP contribution in [0.15, 0.2) is 67.0 Å². The van der Waals surface area contributed by atoms with Gasteiger partial charge in [0.05, 0.1) is 22.9 Å². The summed E-state index contributed by atoms with van der Waals surface area (Å²) in [5.74, 6) is 2.08. The second-order valence-corrected chi connectivity index (χ2v) is 6.47. The second-order valence-electron chi connectivity index (χ2n) is 6.47. The number of anilines is 2. The summed E-state index contributed by atoms with van der Waals surface area (Å²) in [6.07, 6.45) is 3.47. The Hall–Kier alpha value is -4.00. The molecule has 0 amide bonds. The summed E-state index contributed by atoms with van der Waals surface area (Å²) >= 11 is 0. The van der Waals surface area contributed by atoms with Crippen molar-refractivity contribution in [3.8, 4) is 22.9 Å². The number of H-pyrrole nitrogens is 2. The molecule has 5 aromatic rings. The van der Waals surface area contributed by atoms with Crippen molar-refractivity contribution >= 4 is 22.5 Å². The number of imidazole rings is 1. The molecule has 0 aliphatic rings. The molecule has 0 saturated heterocycles. The van der Waals surface area contributed by atoms with Crippen LogP contribution >= 0.6 is 0 Å². The fourth-order valence-corrected chi connectivity index (χ4v) is 3.15. The molecule has 0 unspecified atom stereocenters. The highest BCUT2D eigenvalue weighted by Gasteiger charge is 2.13. The zero-order valence-corrected chi connectivity index (χ0v) is 15.1. The van der Waals surface area contributed by atoms with Gasteiger partial charge >= 0.3 is 0 Å². The highest BCUT2D eigenvalue weighted by Crippen LogP contribution is 2.28. The quantitative estimate of drug-likeness (QED) is 0.436. The van der Waals surface area contributed by atoms with E-state index < -0.39 is 0 Å². The molecular weight excluding hydrogens is 350 g/mol. The van der Waals surface area contributed by atoms with E-state index in [9.17, 15) is 0 Å². The predicted octanol–water partition coefficient (Wildman–Crippen LogP) is 4.46. The Morgan fingerprint density at radius 3 is 2.68 bits per heavy atom. The Morgan fingerprint density at radius 1 is 0.929 bits per heavy atom. The van der Waals surface area contributed by atoms with Gasteiger partial charge in [0.2, 0.25) is 0 Å². The molecule has 0 fully saturated rings. The summed E-state index contributed by atoms with van der Waals surface area (Å²) in [4.78, 5) is 17.0. The van der Waals surface area contributed by atoms with Gasteiger partial charge in [0, 0.05) is 11.8 Å². The number of hydrogen-bond acceptors (Lipinski definition) is 5. The average molecular weight is 367 g/mol. The van der Waals surface area contributed by atoms with Gasteiger partial charge in [-0.1, -0.05) is 36.4 Å². The van der Waals surface area contributed by atoms with Crippen LogP contribution in [-0.2, 0) is 0 Å². The maximum Gasteiger partial charge on any atom is 0.161 e. The van der Waals surface area contributed by atoms with Crippen LogP contribution in [0.2, 0.25) is 0 Å². The second kappa shape index (κ2) is 6.62. The van der Waals surface area contributed by atoms with Crippen molar-refractivity contribution in [2.45, 2.75) is 6.92 Å². The van der Waals surface area contributed by atoms with Crippen molar-refractivity contribution in [1.82, 2.24) is 30.1 Å². The number of para-hydroxylation sites is 2. The van der Waals surface area contributed by atoms with Crippen LogP contribution in [0, 0.1) is 6.92 Å². The van der Waals surface area contributed by atoms with Gasteiger partial charge in [0.15, 0.2) is 11.6 Å². The summed E-state index contributed by atoms with van der Waals surface area (Å²) in [6, 6.07) is 17.8. The zero-order chi connectivity index (χ0) is 18.9. The Morgan fingerprint density at radius 2 is 1.79 bits per heavy atom. The molecule has 0 aliphatic heterocycles. The summed E-state index contributed by atoms with van der Waals surface area (Å²) in [5.41, 5.74) is 5.58. The normalized spacial score (nSPS) is 11.0. The van der Waals surface area contributed by atoms with Gasteiger partial charge < -0.3 is 10.3 Å². The zero-order valence-electron chi connectivity index (χ0n) is 15.1. The molecule has 0 aliphatic carbocycles. The van der Waals surface area contributed by atoms with Crippen LogP contribution in [-0.4, -0.2) is 30.1 Å². The van der Waals surface area contributed by atoms with Crippen molar-refractivity contribution in [2.24, 2.45) is 0 Å². The Balaban J connectivity index is 1.49. The van der Waals surface area contributed by atoms with Gasteiger partial charge in [-0.25, -0.2) is 15.0 Å². The third kappa shape index (κ3) is 2.88. The van der Waals surface area contributed by atoms with Crippen molar-refractivity contribution < 1.29 is 0 Å². The summed E-state index contributed by atoms with van der Waals surface area (Å²) < 4.78 is 0. The third-order valence-corrected chi connectivity index (χ3v) is 4.57. The van der Waals surface area contributed by atoms with Gasteiger partial charge in [0.1, 0.15) is 11.5 Å². The number of benzene rings is 2. The maximum absolute atomic E-state index is 4.66. The van der Waals surface area contributed by atoms with Crippen LogP contribution in [0.25, 0.3) is 33.9 Å². The van der Waals surface area contributed by atoms with E-state index in [1.165, 1.54) is 0 Å². The molecule has 136 valence electrons. The Kier molecular flexibility index (Phi) is 3.83. The first-order valence-corrected chi connectivity index (χ1v) is 8.92. The molecule has 7 heteroatoms. The standard InChI is InChI=1S/C21H17N7/c1-13-6-2-3-7-14(13)20-22-11-10-18(27-20)24-17-12-23-28-19(17)21-25-15-8-4-5-9-16(15)26-21/h2-12H,1H3,(H,23,28)(H,25,26)(H,22,24,27). The number of nitrogens with one attached hydrogen (secondary N) is 3. The summed E-state index contributed by atoms with van der Waals surface area (Å²) in [5, 5.41) is 10.5. The molecule has 28 heavy (non-hydrogen) atoms. The predicted molar refractivity (Wildman–Crippen MR) is 109 cm³/mol. The van der Waals surface area contributed by atoms with Gasteiger partial charge in [-0.3, -0.25) is 5.10 Å². The maximum atomic E-state index is 4.66. The molecule has 0 spiro atoms. The lowest BCUT2D eigenvalue weighted by molar-refractivity contribution is 1.08. The van der Waals surface area contributed by atoms with Crippen molar-refractivity contribution in [3.63, 3.8) is 0 Å². The number of aromatic amines is 2. The van der Waals surface area contributed by atoms with E-state index >= 15 is 0 Å². The first-order chi connectivity index (χ1) is 13.8. The molecular formula is C21H17N7. The molecule has 3 heterocycles. The fourth-order valence-electron chi connectivity index (χ4n) is 3.15. The summed E-state index contributed by atoms with van der Waals surface area (Å²) in [6.45, 7) is 2.05. The van der Waals surface area contributed by atoms with E-state index in [0.717, 1.165) is 39.4 Å². The van der Waals surface area contributed by atoms with Gasteiger partial charge in [0.25, 0.3) is 0 Å². The van der Waals surface area contributed by atoms with Gasteiger partial charge in [-0.2, -0.15) is 5.10 Å². The molecule has 0 saturated carbocycles. The molecule has 0 atom stereocenters. The lowest BCUT2D eigenvalue weighted by atomic mass is 10.1. The number of aromatic nitrogens is 6. The van der Waals surface area contributed by atoms with Crippen LogP contribution in [0.5, 0.6) is 0 Å². The van der Waals surface area contributed by atoms with E-state index in [-0.39, 0.29) is 0 Å². The molecule has 3 N–H and O–H groups in total. The van der Waals surface area contributed by atoms with Crippen LogP contribution in [0.4, 0.5) is 11.5 Å². The minimum absolute atomic E-state index is 0.678. The van der Waals surface area contributed by atoms with Crippen molar-refractivity contribution in [1.29, 1.82) is 0 Å². The number of nitrogens with zero attached hydrogens (tertiary/aromatic N) is 4. The van der Waals surface area contributed by atoms with E-state index in [1.54, 1.807) is 12.4 Å². The molecule has 0 bridgehead atoms. The largest absolute Gasteiger partial charge is 0.337 e. The molecule has 2 aromatic carbocycles. The molecule has 3 aromatic heterocycles. The first-order valence-electron chi connectivity index (χ1n) is 8.92. The minimum Gasteiger partial charge on any atom is -0.337 e. The Bertz CT molecular complexity index is 1240. The number of aryl methyl sites for hydroxylation is 1. The lowest BCUT2D eigenvalue weighted by Crippen LogP contribution is -1.98. The number of rotatable bonds is 4. The van der Waals surface area contributed by atoms with E-state index in [1.807, 2.05) is 48.5 Å². The number of fused-ring (bicyclic) bond motifs is 1. The average Bonchev–Trinajstić information content (AvgIpc) is 3.35. The molecule has 0 radical (unpaired) electrons. The van der Waals surface area contributed by atoms with Crippen LogP contribution in [0.3, 0.4) is 0 Å². The van der Waals surface area contributed by atoms with Crippen molar-refractivity contribution in [3.05, 3.63) is 72.6 Å². The molecule has 5 rings (SSSR count). The minimum atomic E-state index is 0.678. The van der Waals surface area contributed by atoms with Crippen LogP contribution in [0.1, 0.15) is 5.56 Å². The van der Waals surface area contributed by atoms with Gasteiger partial charge in [-0.15, -0.1) is 0 Å². The fraction of sp³-hybridized carbons (Fsp3) is 0.0476. The van der Waals surface area contributed by atoms with Gasteiger partial charge in [-0.05, 0) is 30.7 Å². The monoisotopic (exact) mass is 367 g/mol. The SMILES string of the molecule is Cc1ccccc1-c1nccc(Nc2cn[nH]c2-c2nc3ccccc3[nH]2)n1. The third-order valence-electron chi connectivity index (χ3n) is 4.57. The molecule has 7 nitrogen and oxygen atoms in total. The van der Waals surface area contributed by atoms with E-state index in [2.05, 4.69) is 48.4 Å². The topological polar surface area (TPSA) is 95.2 Å². The Labute approximate surface area is 160 Å².